The molecule has 1 saturated heterocycles. The highest BCUT2D eigenvalue weighted by atomic mass is 16.5. The van der Waals surface area contributed by atoms with Gasteiger partial charge in [-0.15, -0.1) is 0 Å². The summed E-state index contributed by atoms with van der Waals surface area (Å²) in [7, 11) is 5.08. The number of nitrogens with one attached hydrogen (secondary N) is 1. The average Bonchev–Trinajstić information content (AvgIpc) is 3.53. The van der Waals surface area contributed by atoms with Gasteiger partial charge in [0.15, 0.2) is 5.82 Å². The number of nitrogens with zero attached hydrogens (tertiary/aromatic N) is 5. The van der Waals surface area contributed by atoms with Crippen molar-refractivity contribution in [1.82, 2.24) is 24.0 Å². The minimum atomic E-state index is -0.348. The zero-order valence-electron chi connectivity index (χ0n) is 28.3. The van der Waals surface area contributed by atoms with Crippen molar-refractivity contribution < 1.29 is 19.1 Å². The van der Waals surface area contributed by atoms with Crippen molar-refractivity contribution in [3.63, 3.8) is 0 Å². The van der Waals surface area contributed by atoms with Gasteiger partial charge in [-0.2, -0.15) is 0 Å². The van der Waals surface area contributed by atoms with Gasteiger partial charge >= 0.3 is 5.97 Å². The third-order valence-electron chi connectivity index (χ3n) is 11.4. The van der Waals surface area contributed by atoms with Gasteiger partial charge in [-0.05, 0) is 85.9 Å². The maximum Gasteiger partial charge on any atom is 0.338 e. The molecular weight excluding hydrogens is 616 g/mol. The number of fused-ring (bicyclic) bond motifs is 5. The molecule has 3 fully saturated rings. The number of carbonyl (C=O) groups excluding carboxylic acids is 2. The van der Waals surface area contributed by atoms with Crippen LogP contribution < -0.4 is 10.1 Å². The minimum absolute atomic E-state index is 0.0678. The first-order valence-corrected chi connectivity index (χ1v) is 17.4. The number of aryl methyl sites for hydroxylation is 1. The summed E-state index contributed by atoms with van der Waals surface area (Å²) in [6.45, 7) is 4.53. The number of piperidine rings is 1. The first-order chi connectivity index (χ1) is 23.8. The van der Waals surface area contributed by atoms with E-state index in [1.54, 1.807) is 7.11 Å². The number of esters is 1. The summed E-state index contributed by atoms with van der Waals surface area (Å²) in [6, 6.07) is 16.5. The van der Waals surface area contributed by atoms with Crippen LogP contribution in [0, 0.1) is 17.8 Å². The molecule has 9 rings (SSSR count). The van der Waals surface area contributed by atoms with E-state index >= 15 is 0 Å². The van der Waals surface area contributed by atoms with Gasteiger partial charge in [0, 0.05) is 60.5 Å². The van der Waals surface area contributed by atoms with Crippen LogP contribution in [0.2, 0.25) is 0 Å². The maximum atomic E-state index is 13.8. The Morgan fingerprint density at radius 2 is 1.86 bits per heavy atom. The van der Waals surface area contributed by atoms with Crippen molar-refractivity contribution in [1.29, 1.82) is 0 Å². The van der Waals surface area contributed by atoms with Crippen LogP contribution in [-0.2, 0) is 23.1 Å². The molecule has 10 heteroatoms. The standard InChI is InChI=1S/C39H40N6O4/c1-21-25-9-12-32(21)45(20-25)38(46)26-16-31-35(34(18-26)48-3)43(2)37(42-31)33-17-24-8-10-29(41-36(24)44(33)19-22-5-6-22)23-7-11-30-28(15-23)27(13-14-40-30)39(47)49-4/h7-8,10-11,13,15-18,21-22,25,32,40H,5-6,9,12,14,19-20H2,1-4H3/t21-,25?,32?/m1/s1. The lowest BCUT2D eigenvalue weighted by Crippen LogP contribution is -2.38. The molecule has 0 radical (unpaired) electrons. The smallest absolute Gasteiger partial charge is 0.338 e. The number of hydrogen-bond acceptors (Lipinski definition) is 7. The highest BCUT2D eigenvalue weighted by molar-refractivity contribution is 6.19. The van der Waals surface area contributed by atoms with E-state index in [4.69, 9.17) is 19.4 Å². The summed E-state index contributed by atoms with van der Waals surface area (Å²) in [5, 5.41) is 4.38. The second-order valence-corrected chi connectivity index (χ2v) is 14.2. The molecule has 10 nitrogen and oxygen atoms in total. The molecule has 5 heterocycles. The van der Waals surface area contributed by atoms with Gasteiger partial charge in [0.1, 0.15) is 16.9 Å². The zero-order chi connectivity index (χ0) is 33.6. The molecule has 3 aromatic heterocycles. The molecule has 2 unspecified atom stereocenters. The molecule has 2 aliphatic carbocycles. The first kappa shape index (κ1) is 30.0. The van der Waals surface area contributed by atoms with E-state index in [0.717, 1.165) is 75.6 Å². The van der Waals surface area contributed by atoms with Crippen molar-refractivity contribution in [2.45, 2.75) is 45.2 Å². The maximum absolute atomic E-state index is 13.8. The Bertz CT molecular complexity index is 2230. The van der Waals surface area contributed by atoms with Crippen LogP contribution in [0.1, 0.15) is 48.5 Å². The average molecular weight is 657 g/mol. The number of hydrogen-bond donors (Lipinski definition) is 1. The highest BCUT2D eigenvalue weighted by Gasteiger charge is 2.46. The molecule has 0 spiro atoms. The van der Waals surface area contributed by atoms with Crippen molar-refractivity contribution in [2.24, 2.45) is 24.8 Å². The van der Waals surface area contributed by atoms with Crippen LogP contribution in [0.25, 0.3) is 50.4 Å². The van der Waals surface area contributed by atoms with Gasteiger partial charge in [-0.3, -0.25) is 4.79 Å². The molecule has 2 aromatic carbocycles. The third-order valence-corrected chi connectivity index (χ3v) is 11.4. The Labute approximate surface area is 284 Å². The fourth-order valence-corrected chi connectivity index (χ4v) is 8.50. The Balaban J connectivity index is 1.13. The van der Waals surface area contributed by atoms with Crippen molar-refractivity contribution >= 4 is 45.2 Å². The van der Waals surface area contributed by atoms with Gasteiger partial charge in [0.2, 0.25) is 0 Å². The summed E-state index contributed by atoms with van der Waals surface area (Å²) in [5.41, 5.74) is 8.12. The van der Waals surface area contributed by atoms with Crippen molar-refractivity contribution in [2.75, 3.05) is 32.6 Å². The van der Waals surface area contributed by atoms with Gasteiger partial charge in [-0.25, -0.2) is 14.8 Å². The van der Waals surface area contributed by atoms with Gasteiger partial charge in [0.25, 0.3) is 5.91 Å². The number of anilines is 1. The monoisotopic (exact) mass is 656 g/mol. The Kier molecular flexibility index (Phi) is 6.86. The Morgan fingerprint density at radius 3 is 2.59 bits per heavy atom. The molecule has 3 atom stereocenters. The SMILES string of the molecule is COC(=O)C1=CCNc2ccc(-c3ccc4cc(-c5nc6cc(C(=O)N7CC8CCC7[C@@H]8C)cc(OC)c6n5C)n(CC5CC5)c4n3)cc21. The van der Waals surface area contributed by atoms with E-state index in [-0.39, 0.29) is 11.9 Å². The van der Waals surface area contributed by atoms with Gasteiger partial charge in [0.05, 0.1) is 36.7 Å². The van der Waals surface area contributed by atoms with Crippen LogP contribution in [0.3, 0.4) is 0 Å². The lowest BCUT2D eigenvalue weighted by Gasteiger charge is -2.27. The number of benzene rings is 2. The lowest BCUT2D eigenvalue weighted by molar-refractivity contribution is -0.133. The van der Waals surface area contributed by atoms with Crippen LogP contribution in [0.4, 0.5) is 5.69 Å². The summed E-state index contributed by atoms with van der Waals surface area (Å²) >= 11 is 0. The zero-order valence-corrected chi connectivity index (χ0v) is 28.3. The van der Waals surface area contributed by atoms with Crippen LogP contribution in [0.5, 0.6) is 5.75 Å². The largest absolute Gasteiger partial charge is 0.494 e. The molecular formula is C39H40N6O4. The summed E-state index contributed by atoms with van der Waals surface area (Å²) in [5.74, 6) is 2.91. The number of pyridine rings is 1. The fourth-order valence-electron chi connectivity index (χ4n) is 8.50. The Hall–Kier alpha value is -5.12. The van der Waals surface area contributed by atoms with E-state index in [1.807, 2.05) is 49.5 Å². The molecule has 1 N–H and O–H groups in total. The predicted molar refractivity (Wildman–Crippen MR) is 189 cm³/mol. The van der Waals surface area contributed by atoms with E-state index in [2.05, 4.69) is 38.4 Å². The number of rotatable bonds is 7. The number of amides is 1. The lowest BCUT2D eigenvalue weighted by atomic mass is 9.96. The van der Waals surface area contributed by atoms with E-state index in [9.17, 15) is 9.59 Å². The molecule has 1 amide bonds. The first-order valence-electron chi connectivity index (χ1n) is 17.4. The van der Waals surface area contributed by atoms with E-state index < -0.39 is 0 Å². The molecule has 2 saturated carbocycles. The summed E-state index contributed by atoms with van der Waals surface area (Å²) in [4.78, 5) is 38.9. The summed E-state index contributed by atoms with van der Waals surface area (Å²) < 4.78 is 15.4. The van der Waals surface area contributed by atoms with Crippen LogP contribution in [-0.4, -0.2) is 69.2 Å². The molecule has 4 aliphatic rings. The fraction of sp³-hybridized carbons (Fsp3) is 0.385. The molecule has 49 heavy (non-hydrogen) atoms. The number of aromatic nitrogens is 4. The molecule has 250 valence electrons. The van der Waals surface area contributed by atoms with Gasteiger partial charge < -0.3 is 28.8 Å². The number of imidazole rings is 1. The molecule has 2 aliphatic heterocycles. The number of methoxy groups -OCH3 is 2. The van der Waals surface area contributed by atoms with Crippen molar-refractivity contribution in [3.8, 4) is 28.5 Å². The number of carbonyl (C=O) groups is 2. The minimum Gasteiger partial charge on any atom is -0.494 e. The predicted octanol–water partition coefficient (Wildman–Crippen LogP) is 6.53. The number of ether oxygens (including phenoxy) is 2. The second kappa shape index (κ2) is 11.2. The van der Waals surface area contributed by atoms with Crippen LogP contribution in [0.15, 0.2) is 54.6 Å². The third kappa shape index (κ3) is 4.75. The quantitative estimate of drug-likeness (QED) is 0.199. The Morgan fingerprint density at radius 1 is 1.00 bits per heavy atom. The van der Waals surface area contributed by atoms with Crippen LogP contribution >= 0.6 is 0 Å². The van der Waals surface area contributed by atoms with E-state index in [0.29, 0.717) is 47.2 Å². The van der Waals surface area contributed by atoms with Gasteiger partial charge in [-0.1, -0.05) is 19.1 Å². The van der Waals surface area contributed by atoms with Crippen molar-refractivity contribution in [3.05, 3.63) is 65.7 Å². The molecule has 5 aromatic rings. The topological polar surface area (TPSA) is 104 Å². The second-order valence-electron chi connectivity index (χ2n) is 14.2. The molecule has 2 bridgehead atoms. The number of likely N-dealkylation sites (tertiary alicyclic amines) is 1. The normalized spacial score (nSPS) is 21.2. The van der Waals surface area contributed by atoms with E-state index in [1.165, 1.54) is 26.4 Å². The summed E-state index contributed by atoms with van der Waals surface area (Å²) in [6.07, 6.45) is 6.55. The highest BCUT2D eigenvalue weighted by Crippen LogP contribution is 2.44.